The zero-order chi connectivity index (χ0) is 13.1. The summed E-state index contributed by atoms with van der Waals surface area (Å²) < 4.78 is 24.2. The van der Waals surface area contributed by atoms with Crippen molar-refractivity contribution >= 4 is 46.2 Å². The zero-order valence-electron chi connectivity index (χ0n) is 11.0. The Labute approximate surface area is 127 Å². The molecule has 0 heterocycles. The summed E-state index contributed by atoms with van der Waals surface area (Å²) in [5.74, 6) is 0. The van der Waals surface area contributed by atoms with E-state index < -0.39 is 10.0 Å². The smallest absolute Gasteiger partial charge is 0.211 e. The Morgan fingerprint density at radius 3 is 2.26 bits per heavy atom. The van der Waals surface area contributed by atoms with Gasteiger partial charge in [-0.3, -0.25) is 0 Å². The number of hydrogen-bond acceptors (Lipinski definition) is 4. The molecule has 5 nitrogen and oxygen atoms in total. The predicted octanol–water partition coefficient (Wildman–Crippen LogP) is 1.52. The second-order valence-corrected chi connectivity index (χ2v) is 5.95. The van der Waals surface area contributed by atoms with E-state index in [2.05, 4.69) is 0 Å². The number of benzene rings is 1. The summed E-state index contributed by atoms with van der Waals surface area (Å²) in [6, 6.07) is 5.25. The average molecular weight is 330 g/mol. The Hall–Kier alpha value is -0.690. The highest BCUT2D eigenvalue weighted by molar-refractivity contribution is 7.88. The van der Waals surface area contributed by atoms with Gasteiger partial charge in [0.1, 0.15) is 0 Å². The van der Waals surface area contributed by atoms with E-state index in [1.165, 1.54) is 10.6 Å². The number of nitrogens with zero attached hydrogens (tertiary/aromatic N) is 1. The lowest BCUT2D eigenvalue weighted by Crippen LogP contribution is -2.31. The van der Waals surface area contributed by atoms with E-state index in [1.54, 1.807) is 18.2 Å². The molecule has 8 heteroatoms. The zero-order valence-corrected chi connectivity index (χ0v) is 13.4. The molecule has 0 saturated heterocycles. The van der Waals surface area contributed by atoms with E-state index >= 15 is 0 Å². The first-order valence-corrected chi connectivity index (χ1v) is 7.28. The first-order chi connectivity index (χ1) is 7.84. The number of nitrogen functional groups attached to an aromatic ring is 2. The van der Waals surface area contributed by atoms with Crippen LogP contribution >= 0.6 is 24.8 Å². The third-order valence-electron chi connectivity index (χ3n) is 2.62. The molecule has 1 rings (SSSR count). The number of anilines is 2. The molecule has 0 aromatic heterocycles. The fourth-order valence-electron chi connectivity index (χ4n) is 1.65. The summed E-state index contributed by atoms with van der Waals surface area (Å²) >= 11 is 0. The van der Waals surface area contributed by atoms with Gasteiger partial charge in [0.15, 0.2) is 0 Å². The van der Waals surface area contributed by atoms with Gasteiger partial charge in [-0.25, -0.2) is 12.7 Å². The van der Waals surface area contributed by atoms with Crippen LogP contribution in [0.4, 0.5) is 11.4 Å². The Bertz CT molecular complexity index is 495. The van der Waals surface area contributed by atoms with Gasteiger partial charge in [-0.1, -0.05) is 6.92 Å². The largest absolute Gasteiger partial charge is 0.399 e. The molecule has 0 bridgehead atoms. The van der Waals surface area contributed by atoms with Crippen molar-refractivity contribution in [2.75, 3.05) is 30.8 Å². The Kier molecular flexibility index (Phi) is 9.20. The van der Waals surface area contributed by atoms with Crippen LogP contribution < -0.4 is 11.5 Å². The molecule has 0 atom stereocenters. The Morgan fingerprint density at radius 1 is 1.21 bits per heavy atom. The molecular formula is C11H21Cl2N3O2S. The van der Waals surface area contributed by atoms with E-state index in [1.807, 2.05) is 6.92 Å². The maximum absolute atomic E-state index is 11.4. The molecule has 0 spiro atoms. The van der Waals surface area contributed by atoms with Crippen molar-refractivity contribution in [3.8, 4) is 0 Å². The Balaban J connectivity index is 0. The van der Waals surface area contributed by atoms with Crippen LogP contribution in [-0.2, 0) is 16.4 Å². The van der Waals surface area contributed by atoms with Crippen molar-refractivity contribution < 1.29 is 8.42 Å². The first-order valence-electron chi connectivity index (χ1n) is 5.43. The Morgan fingerprint density at radius 2 is 1.79 bits per heavy atom. The highest BCUT2D eigenvalue weighted by atomic mass is 35.5. The first kappa shape index (κ1) is 20.6. The van der Waals surface area contributed by atoms with Crippen molar-refractivity contribution in [2.24, 2.45) is 0 Å². The molecule has 4 N–H and O–H groups in total. The fourth-order valence-corrected chi connectivity index (χ4v) is 2.54. The van der Waals surface area contributed by atoms with Gasteiger partial charge in [0.25, 0.3) is 0 Å². The third-order valence-corrected chi connectivity index (χ3v) is 4.00. The molecular weight excluding hydrogens is 309 g/mol. The van der Waals surface area contributed by atoms with Crippen LogP contribution in [0.2, 0.25) is 0 Å². The van der Waals surface area contributed by atoms with Crippen LogP contribution in [0.1, 0.15) is 12.5 Å². The lowest BCUT2D eigenvalue weighted by atomic mass is 10.1. The SMILES string of the molecule is CCN(CCc1cc(N)ccc1N)S(C)(=O)=O.Cl.Cl. The van der Waals surface area contributed by atoms with Crippen molar-refractivity contribution in [3.63, 3.8) is 0 Å². The van der Waals surface area contributed by atoms with Gasteiger partial charge in [-0.15, -0.1) is 24.8 Å². The number of sulfonamides is 1. The number of nitrogens with two attached hydrogens (primary N) is 2. The third kappa shape index (κ3) is 6.33. The van der Waals surface area contributed by atoms with Crippen molar-refractivity contribution in [3.05, 3.63) is 23.8 Å². The summed E-state index contributed by atoms with van der Waals surface area (Å²) in [6.45, 7) is 2.69. The topological polar surface area (TPSA) is 89.4 Å². The number of likely N-dealkylation sites (N-methyl/N-ethyl adjacent to an activating group) is 1. The molecule has 0 unspecified atom stereocenters. The van der Waals surface area contributed by atoms with Crippen LogP contribution in [-0.4, -0.2) is 32.1 Å². The number of halogens is 2. The van der Waals surface area contributed by atoms with Crippen LogP contribution in [0, 0.1) is 0 Å². The van der Waals surface area contributed by atoms with E-state index in [0.29, 0.717) is 30.9 Å². The molecule has 0 aliphatic carbocycles. The molecule has 0 saturated carbocycles. The molecule has 0 amide bonds. The minimum Gasteiger partial charge on any atom is -0.399 e. The molecule has 0 aliphatic rings. The number of rotatable bonds is 5. The minimum absolute atomic E-state index is 0. The standard InChI is InChI=1S/C11H19N3O2S.2ClH/c1-3-14(17(2,15)16)7-6-9-8-10(12)4-5-11(9)13;;/h4-5,8H,3,6-7,12-13H2,1-2H3;2*1H. The van der Waals surface area contributed by atoms with Crippen LogP contribution in [0.5, 0.6) is 0 Å². The molecule has 0 radical (unpaired) electrons. The monoisotopic (exact) mass is 329 g/mol. The van der Waals surface area contributed by atoms with E-state index in [9.17, 15) is 8.42 Å². The second kappa shape index (κ2) is 8.47. The fraction of sp³-hybridized carbons (Fsp3) is 0.455. The number of hydrogen-bond donors (Lipinski definition) is 2. The van der Waals surface area contributed by atoms with Gasteiger partial charge in [0.05, 0.1) is 6.26 Å². The van der Waals surface area contributed by atoms with Gasteiger partial charge in [-0.2, -0.15) is 0 Å². The summed E-state index contributed by atoms with van der Waals surface area (Å²) in [4.78, 5) is 0. The highest BCUT2D eigenvalue weighted by Gasteiger charge is 2.14. The molecule has 112 valence electrons. The van der Waals surface area contributed by atoms with Gasteiger partial charge in [0, 0.05) is 24.5 Å². The van der Waals surface area contributed by atoms with Crippen molar-refractivity contribution in [2.45, 2.75) is 13.3 Å². The average Bonchev–Trinajstić information content (AvgIpc) is 2.22. The van der Waals surface area contributed by atoms with Crippen LogP contribution in [0.15, 0.2) is 18.2 Å². The molecule has 19 heavy (non-hydrogen) atoms. The van der Waals surface area contributed by atoms with Gasteiger partial charge in [-0.05, 0) is 30.2 Å². The van der Waals surface area contributed by atoms with Gasteiger partial charge in [0.2, 0.25) is 10.0 Å². The molecule has 0 aliphatic heterocycles. The normalized spacial score (nSPS) is 10.7. The molecule has 1 aromatic carbocycles. The van der Waals surface area contributed by atoms with E-state index in [0.717, 1.165) is 5.56 Å². The summed E-state index contributed by atoms with van der Waals surface area (Å²) in [5.41, 5.74) is 13.6. The van der Waals surface area contributed by atoms with Crippen LogP contribution in [0.3, 0.4) is 0 Å². The van der Waals surface area contributed by atoms with Crippen molar-refractivity contribution in [1.29, 1.82) is 0 Å². The van der Waals surface area contributed by atoms with E-state index in [4.69, 9.17) is 11.5 Å². The minimum atomic E-state index is -3.15. The van der Waals surface area contributed by atoms with Crippen LogP contribution in [0.25, 0.3) is 0 Å². The van der Waals surface area contributed by atoms with E-state index in [-0.39, 0.29) is 24.8 Å². The maximum atomic E-state index is 11.4. The molecule has 0 fully saturated rings. The van der Waals surface area contributed by atoms with Gasteiger partial charge >= 0.3 is 0 Å². The maximum Gasteiger partial charge on any atom is 0.211 e. The second-order valence-electron chi connectivity index (χ2n) is 3.96. The predicted molar refractivity (Wildman–Crippen MR) is 85.6 cm³/mol. The summed E-state index contributed by atoms with van der Waals surface area (Å²) in [7, 11) is -3.15. The quantitative estimate of drug-likeness (QED) is 0.801. The van der Waals surface area contributed by atoms with Crippen molar-refractivity contribution in [1.82, 2.24) is 4.31 Å². The van der Waals surface area contributed by atoms with Gasteiger partial charge < -0.3 is 11.5 Å². The lowest BCUT2D eigenvalue weighted by molar-refractivity contribution is 0.435. The lowest BCUT2D eigenvalue weighted by Gasteiger charge is -2.18. The molecule has 1 aromatic rings. The highest BCUT2D eigenvalue weighted by Crippen LogP contribution is 2.16. The summed E-state index contributed by atoms with van der Waals surface area (Å²) in [6.07, 6.45) is 1.77. The summed E-state index contributed by atoms with van der Waals surface area (Å²) in [5, 5.41) is 0.